The zero-order valence-electron chi connectivity index (χ0n) is 4.60. The van der Waals surface area contributed by atoms with Crippen molar-refractivity contribution in [1.82, 2.24) is 5.32 Å². The van der Waals surface area contributed by atoms with Gasteiger partial charge in [-0.2, -0.15) is 0 Å². The summed E-state index contributed by atoms with van der Waals surface area (Å²) in [7, 11) is 0. The van der Waals surface area contributed by atoms with Gasteiger partial charge in [-0.15, -0.1) is 11.6 Å². The highest BCUT2D eigenvalue weighted by Crippen LogP contribution is 2.12. The average molecular weight is 136 g/mol. The van der Waals surface area contributed by atoms with E-state index in [1.807, 2.05) is 0 Å². The minimum atomic E-state index is -0.369. The van der Waals surface area contributed by atoms with Crippen LogP contribution in [-0.4, -0.2) is 16.8 Å². The zero-order valence-corrected chi connectivity index (χ0v) is 5.36. The maximum absolute atomic E-state index is 8.88. The van der Waals surface area contributed by atoms with Crippen molar-refractivity contribution >= 4 is 11.6 Å². The van der Waals surface area contributed by atoms with Crippen molar-refractivity contribution < 1.29 is 5.11 Å². The van der Waals surface area contributed by atoms with E-state index in [1.54, 1.807) is 0 Å². The molecule has 3 heteroatoms. The van der Waals surface area contributed by atoms with Gasteiger partial charge in [0.25, 0.3) is 0 Å². The summed E-state index contributed by atoms with van der Waals surface area (Å²) in [5.41, 5.74) is -0.0150. The Kier molecular flexibility index (Phi) is 2.11. The number of aliphatic hydroxyl groups is 1. The molecule has 48 valence electrons. The maximum Gasteiger partial charge on any atom is 0.106 e. The van der Waals surface area contributed by atoms with Crippen LogP contribution in [0.25, 0.3) is 0 Å². The van der Waals surface area contributed by atoms with Gasteiger partial charge in [0.05, 0.1) is 5.50 Å². The molecular weight excluding hydrogens is 126 g/mol. The van der Waals surface area contributed by atoms with Gasteiger partial charge in [0.1, 0.15) is 6.23 Å². The van der Waals surface area contributed by atoms with Gasteiger partial charge < -0.3 is 5.11 Å². The van der Waals surface area contributed by atoms with E-state index in [4.69, 9.17) is 16.7 Å². The van der Waals surface area contributed by atoms with E-state index in [-0.39, 0.29) is 11.7 Å². The fraction of sp³-hybridized carbons (Fsp3) is 1.00. The Labute approximate surface area is 53.8 Å². The second-order valence-corrected chi connectivity index (χ2v) is 2.61. The summed E-state index contributed by atoms with van der Waals surface area (Å²) in [6.07, 6.45) is 2.47. The molecule has 0 aromatic carbocycles. The van der Waals surface area contributed by atoms with E-state index in [1.165, 1.54) is 0 Å². The summed E-state index contributed by atoms with van der Waals surface area (Å²) < 4.78 is 0. The minimum Gasteiger partial charge on any atom is -0.379 e. The van der Waals surface area contributed by atoms with Gasteiger partial charge >= 0.3 is 0 Å². The zero-order chi connectivity index (χ0) is 5.98. The number of rotatable bonds is 0. The molecule has 2 unspecified atom stereocenters. The monoisotopic (exact) mass is 135 g/mol. The third kappa shape index (κ3) is 1.62. The number of halogens is 1. The molecule has 0 saturated carbocycles. The van der Waals surface area contributed by atoms with E-state index in [2.05, 4.69) is 5.32 Å². The largest absolute Gasteiger partial charge is 0.379 e. The van der Waals surface area contributed by atoms with E-state index in [0.29, 0.717) is 0 Å². The van der Waals surface area contributed by atoms with Crippen LogP contribution < -0.4 is 5.32 Å². The molecule has 1 aliphatic heterocycles. The molecule has 0 aliphatic carbocycles. The van der Waals surface area contributed by atoms with Crippen molar-refractivity contribution in [3.8, 4) is 0 Å². The minimum absolute atomic E-state index is 0.0150. The molecule has 2 N–H and O–H groups in total. The molecule has 0 amide bonds. The SMILES string of the molecule is OC1CCCC(Cl)N1. The predicted molar refractivity (Wildman–Crippen MR) is 32.6 cm³/mol. The van der Waals surface area contributed by atoms with Gasteiger partial charge in [-0.05, 0) is 19.3 Å². The number of hydrogen-bond donors (Lipinski definition) is 2. The van der Waals surface area contributed by atoms with E-state index < -0.39 is 0 Å². The van der Waals surface area contributed by atoms with Crippen molar-refractivity contribution in [2.24, 2.45) is 0 Å². The van der Waals surface area contributed by atoms with Crippen LogP contribution in [0.4, 0.5) is 0 Å². The van der Waals surface area contributed by atoms with E-state index in [9.17, 15) is 0 Å². The maximum atomic E-state index is 8.88. The van der Waals surface area contributed by atoms with Crippen LogP contribution in [0, 0.1) is 0 Å². The van der Waals surface area contributed by atoms with Crippen LogP contribution in [0.3, 0.4) is 0 Å². The van der Waals surface area contributed by atoms with Crippen LogP contribution in [0.15, 0.2) is 0 Å². The highest BCUT2D eigenvalue weighted by Gasteiger charge is 2.15. The van der Waals surface area contributed by atoms with Gasteiger partial charge in [0.2, 0.25) is 0 Å². The van der Waals surface area contributed by atoms with E-state index in [0.717, 1.165) is 19.3 Å². The summed E-state index contributed by atoms with van der Waals surface area (Å²) in [5, 5.41) is 11.7. The quantitative estimate of drug-likeness (QED) is 0.378. The molecule has 0 spiro atoms. The highest BCUT2D eigenvalue weighted by molar-refractivity contribution is 6.20. The Morgan fingerprint density at radius 2 is 2.25 bits per heavy atom. The number of aliphatic hydroxyl groups excluding tert-OH is 1. The highest BCUT2D eigenvalue weighted by atomic mass is 35.5. The van der Waals surface area contributed by atoms with E-state index >= 15 is 0 Å². The molecular formula is C5H10ClNO. The molecule has 0 radical (unpaired) electrons. The van der Waals surface area contributed by atoms with Crippen LogP contribution in [0.1, 0.15) is 19.3 Å². The van der Waals surface area contributed by atoms with Crippen LogP contribution in [0.2, 0.25) is 0 Å². The summed E-state index contributed by atoms with van der Waals surface area (Å²) in [4.78, 5) is 0. The van der Waals surface area contributed by atoms with Gasteiger partial charge in [0.15, 0.2) is 0 Å². The number of alkyl halides is 1. The lowest BCUT2D eigenvalue weighted by molar-refractivity contribution is 0.101. The molecule has 0 aromatic rings. The molecule has 1 aliphatic rings. The molecule has 1 saturated heterocycles. The van der Waals surface area contributed by atoms with Crippen molar-refractivity contribution in [2.45, 2.75) is 31.0 Å². The van der Waals surface area contributed by atoms with Gasteiger partial charge in [0, 0.05) is 0 Å². The standard InChI is InChI=1S/C5H10ClNO/c6-4-2-1-3-5(8)7-4/h4-5,7-8H,1-3H2. The third-order valence-corrected chi connectivity index (χ3v) is 1.65. The lowest BCUT2D eigenvalue weighted by atomic mass is 10.1. The first kappa shape index (κ1) is 6.33. The van der Waals surface area contributed by atoms with Gasteiger partial charge in [-0.3, -0.25) is 5.32 Å². The molecule has 0 bridgehead atoms. The van der Waals surface area contributed by atoms with Crippen LogP contribution in [0.5, 0.6) is 0 Å². The Morgan fingerprint density at radius 1 is 1.50 bits per heavy atom. The van der Waals surface area contributed by atoms with Crippen LogP contribution in [-0.2, 0) is 0 Å². The fourth-order valence-corrected chi connectivity index (χ4v) is 1.17. The molecule has 2 atom stereocenters. The topological polar surface area (TPSA) is 32.3 Å². The Balaban J connectivity index is 2.23. The van der Waals surface area contributed by atoms with Crippen LogP contribution >= 0.6 is 11.6 Å². The van der Waals surface area contributed by atoms with Crippen molar-refractivity contribution in [1.29, 1.82) is 0 Å². The number of hydrogen-bond acceptors (Lipinski definition) is 2. The summed E-state index contributed by atoms with van der Waals surface area (Å²) in [6, 6.07) is 0. The fourth-order valence-electron chi connectivity index (χ4n) is 0.866. The third-order valence-electron chi connectivity index (χ3n) is 1.31. The summed E-state index contributed by atoms with van der Waals surface area (Å²) in [5.74, 6) is 0. The smallest absolute Gasteiger partial charge is 0.106 e. The van der Waals surface area contributed by atoms with Crippen molar-refractivity contribution in [3.63, 3.8) is 0 Å². The first-order valence-corrected chi connectivity index (χ1v) is 3.31. The van der Waals surface area contributed by atoms with Crippen molar-refractivity contribution in [3.05, 3.63) is 0 Å². The van der Waals surface area contributed by atoms with Gasteiger partial charge in [-0.25, -0.2) is 0 Å². The second kappa shape index (κ2) is 2.67. The summed E-state index contributed by atoms with van der Waals surface area (Å²) >= 11 is 5.64. The lowest BCUT2D eigenvalue weighted by Gasteiger charge is -2.22. The molecule has 1 fully saturated rings. The first-order valence-electron chi connectivity index (χ1n) is 2.87. The number of nitrogens with one attached hydrogen (secondary N) is 1. The van der Waals surface area contributed by atoms with Gasteiger partial charge in [-0.1, -0.05) is 0 Å². The molecule has 0 aromatic heterocycles. The normalized spacial score (nSPS) is 39.8. The molecule has 1 rings (SSSR count). The average Bonchev–Trinajstić information content (AvgIpc) is 1.64. The first-order chi connectivity index (χ1) is 3.79. The summed E-state index contributed by atoms with van der Waals surface area (Å²) in [6.45, 7) is 0. The molecule has 8 heavy (non-hydrogen) atoms. The number of piperidine rings is 1. The Hall–Kier alpha value is 0.210. The second-order valence-electron chi connectivity index (χ2n) is 2.08. The lowest BCUT2D eigenvalue weighted by Crippen LogP contribution is -2.38. The van der Waals surface area contributed by atoms with Crippen molar-refractivity contribution in [2.75, 3.05) is 0 Å². The Morgan fingerprint density at radius 3 is 2.62 bits per heavy atom. The Bertz CT molecular complexity index is 70.8. The molecule has 1 heterocycles. The predicted octanol–water partition coefficient (Wildman–Crippen LogP) is 0.643. The molecule has 2 nitrogen and oxygen atoms in total.